The second-order valence-electron chi connectivity index (χ2n) is 6.06. The lowest BCUT2D eigenvalue weighted by Crippen LogP contribution is -2.52. The van der Waals surface area contributed by atoms with Crippen LogP contribution in [0.2, 0.25) is 0 Å². The second-order valence-corrected chi connectivity index (χ2v) is 7.18. The second kappa shape index (κ2) is 6.55. The number of carbonyl (C=O) groups is 1. The molecule has 1 aromatic carbocycles. The van der Waals surface area contributed by atoms with Gasteiger partial charge >= 0.3 is 0 Å². The van der Waals surface area contributed by atoms with Crippen LogP contribution in [0, 0.1) is 0 Å². The maximum atomic E-state index is 12.4. The number of carbonyl (C=O) groups excluding carboxylic acids is 1. The minimum Gasteiger partial charge on any atom is -0.374 e. The van der Waals surface area contributed by atoms with Crippen molar-refractivity contribution < 1.29 is 14.3 Å². The van der Waals surface area contributed by atoms with Gasteiger partial charge in [0.2, 0.25) is 5.91 Å². The first-order chi connectivity index (χ1) is 11.3. The molecule has 1 saturated heterocycles. The molecule has 2 fully saturated rings. The number of para-hydroxylation sites is 1. The van der Waals surface area contributed by atoms with Crippen LogP contribution in [-0.2, 0) is 20.9 Å². The van der Waals surface area contributed by atoms with Gasteiger partial charge in [-0.1, -0.05) is 12.1 Å². The lowest BCUT2D eigenvalue weighted by molar-refractivity contribution is -0.149. The summed E-state index contributed by atoms with van der Waals surface area (Å²) in [5.41, 5.74) is 0.990. The highest BCUT2D eigenvalue weighted by molar-refractivity contribution is 7.18. The lowest BCUT2D eigenvalue weighted by Gasteiger charge is -2.37. The monoisotopic (exact) mass is 332 g/mol. The smallest absolute Gasteiger partial charge is 0.249 e. The van der Waals surface area contributed by atoms with E-state index in [4.69, 9.17) is 9.47 Å². The summed E-state index contributed by atoms with van der Waals surface area (Å²) in [7, 11) is 0. The molecule has 4 rings (SSSR count). The Bertz CT molecular complexity index is 669. The Kier molecular flexibility index (Phi) is 4.29. The largest absolute Gasteiger partial charge is 0.374 e. The highest BCUT2D eigenvalue weighted by Gasteiger charge is 2.38. The van der Waals surface area contributed by atoms with Crippen molar-refractivity contribution in [2.45, 2.75) is 38.0 Å². The number of aromatic nitrogens is 1. The summed E-state index contributed by atoms with van der Waals surface area (Å²) < 4.78 is 12.5. The molecule has 23 heavy (non-hydrogen) atoms. The van der Waals surface area contributed by atoms with Gasteiger partial charge in [0.1, 0.15) is 11.6 Å². The third kappa shape index (κ3) is 3.11. The van der Waals surface area contributed by atoms with Crippen LogP contribution in [0.1, 0.15) is 24.3 Å². The van der Waals surface area contributed by atoms with E-state index in [1.165, 1.54) is 0 Å². The molecule has 1 amide bonds. The van der Waals surface area contributed by atoms with E-state index in [1.54, 1.807) is 11.3 Å². The van der Waals surface area contributed by atoms with E-state index in [0.717, 1.165) is 34.5 Å². The van der Waals surface area contributed by atoms with Gasteiger partial charge < -0.3 is 14.4 Å². The SMILES string of the molecule is O=C(COCc1nc2ccccc2s1)N1CCO[C@@H]2CCC[C@@H]21. The van der Waals surface area contributed by atoms with E-state index >= 15 is 0 Å². The molecule has 0 unspecified atom stereocenters. The van der Waals surface area contributed by atoms with Crippen molar-refractivity contribution in [2.75, 3.05) is 19.8 Å². The van der Waals surface area contributed by atoms with Crippen molar-refractivity contribution in [1.82, 2.24) is 9.88 Å². The molecule has 1 aliphatic heterocycles. The molecule has 2 aromatic rings. The third-order valence-corrected chi connectivity index (χ3v) is 5.60. The number of hydrogen-bond donors (Lipinski definition) is 0. The summed E-state index contributed by atoms with van der Waals surface area (Å²) in [6.07, 6.45) is 3.50. The fraction of sp³-hybridized carbons (Fsp3) is 0.529. The average molecular weight is 332 g/mol. The Hall–Kier alpha value is -1.50. The number of thiazole rings is 1. The maximum Gasteiger partial charge on any atom is 0.249 e. The minimum absolute atomic E-state index is 0.0753. The van der Waals surface area contributed by atoms with Crippen LogP contribution in [0.5, 0.6) is 0 Å². The number of amides is 1. The maximum absolute atomic E-state index is 12.4. The topological polar surface area (TPSA) is 51.7 Å². The zero-order valence-electron chi connectivity index (χ0n) is 12.9. The fourth-order valence-electron chi connectivity index (χ4n) is 3.53. The Morgan fingerprint density at radius 3 is 3.22 bits per heavy atom. The van der Waals surface area contributed by atoms with Crippen molar-refractivity contribution in [3.63, 3.8) is 0 Å². The lowest BCUT2D eigenvalue weighted by atomic mass is 10.1. The molecule has 5 nitrogen and oxygen atoms in total. The van der Waals surface area contributed by atoms with Gasteiger partial charge in [0, 0.05) is 6.54 Å². The first-order valence-corrected chi connectivity index (χ1v) is 8.96. The standard InChI is InChI=1S/C17H20N2O3S/c20-17(19-8-9-22-14-6-3-5-13(14)19)11-21-10-16-18-12-4-1-2-7-15(12)23-16/h1-2,4,7,13-14H,3,5-6,8-11H2/t13-,14+/m0/s1. The van der Waals surface area contributed by atoms with E-state index < -0.39 is 0 Å². The Labute approximate surface area is 139 Å². The number of morpholine rings is 1. The van der Waals surface area contributed by atoms with Gasteiger partial charge in [0.05, 0.1) is 35.6 Å². The van der Waals surface area contributed by atoms with E-state index in [-0.39, 0.29) is 24.7 Å². The van der Waals surface area contributed by atoms with Crippen LogP contribution >= 0.6 is 11.3 Å². The first-order valence-electron chi connectivity index (χ1n) is 8.14. The average Bonchev–Trinajstić information content (AvgIpc) is 3.20. The summed E-state index contributed by atoms with van der Waals surface area (Å²) in [6.45, 7) is 1.85. The summed E-state index contributed by atoms with van der Waals surface area (Å²) in [5, 5.41) is 0.916. The van der Waals surface area contributed by atoms with Gasteiger partial charge in [0.25, 0.3) is 0 Å². The van der Waals surface area contributed by atoms with Crippen molar-refractivity contribution in [3.05, 3.63) is 29.3 Å². The Balaban J connectivity index is 1.32. The van der Waals surface area contributed by atoms with Crippen LogP contribution in [0.25, 0.3) is 10.2 Å². The number of rotatable bonds is 4. The molecule has 6 heteroatoms. The van der Waals surface area contributed by atoms with Crippen molar-refractivity contribution in [3.8, 4) is 0 Å². The van der Waals surface area contributed by atoms with Crippen LogP contribution in [0.4, 0.5) is 0 Å². The molecular weight excluding hydrogens is 312 g/mol. The van der Waals surface area contributed by atoms with Crippen molar-refractivity contribution in [1.29, 1.82) is 0 Å². The number of hydrogen-bond acceptors (Lipinski definition) is 5. The predicted octanol–water partition coefficient (Wildman–Crippen LogP) is 2.59. The first kappa shape index (κ1) is 15.1. The molecule has 1 saturated carbocycles. The van der Waals surface area contributed by atoms with Gasteiger partial charge in [-0.2, -0.15) is 0 Å². The van der Waals surface area contributed by atoms with E-state index in [0.29, 0.717) is 19.8 Å². The molecule has 0 N–H and O–H groups in total. The Morgan fingerprint density at radius 1 is 1.39 bits per heavy atom. The van der Waals surface area contributed by atoms with Gasteiger partial charge in [-0.15, -0.1) is 11.3 Å². The third-order valence-electron chi connectivity index (χ3n) is 4.59. The number of ether oxygens (including phenoxy) is 2. The molecule has 2 heterocycles. The summed E-state index contributed by atoms with van der Waals surface area (Å²) >= 11 is 1.62. The number of benzene rings is 1. The summed E-state index contributed by atoms with van der Waals surface area (Å²) in [5.74, 6) is 0.0753. The predicted molar refractivity (Wildman–Crippen MR) is 88.4 cm³/mol. The van der Waals surface area contributed by atoms with E-state index in [2.05, 4.69) is 11.1 Å². The quantitative estimate of drug-likeness (QED) is 0.863. The molecule has 0 radical (unpaired) electrons. The zero-order chi connectivity index (χ0) is 15.6. The van der Waals surface area contributed by atoms with Gasteiger partial charge in [-0.3, -0.25) is 4.79 Å². The molecule has 0 bridgehead atoms. The van der Waals surface area contributed by atoms with E-state index in [1.807, 2.05) is 23.1 Å². The molecule has 1 aromatic heterocycles. The molecule has 2 atom stereocenters. The number of nitrogens with zero attached hydrogens (tertiary/aromatic N) is 2. The van der Waals surface area contributed by atoms with Crippen LogP contribution < -0.4 is 0 Å². The summed E-state index contributed by atoms with van der Waals surface area (Å²) in [4.78, 5) is 18.9. The van der Waals surface area contributed by atoms with E-state index in [9.17, 15) is 4.79 Å². The zero-order valence-corrected chi connectivity index (χ0v) is 13.8. The van der Waals surface area contributed by atoms with Gasteiger partial charge in [-0.25, -0.2) is 4.98 Å². The molecule has 0 spiro atoms. The normalized spacial score (nSPS) is 24.1. The van der Waals surface area contributed by atoms with Crippen LogP contribution in [-0.4, -0.2) is 47.7 Å². The fourth-order valence-corrected chi connectivity index (χ4v) is 4.43. The van der Waals surface area contributed by atoms with Crippen LogP contribution in [0.3, 0.4) is 0 Å². The molecule has 2 aliphatic rings. The molecule has 1 aliphatic carbocycles. The van der Waals surface area contributed by atoms with Crippen LogP contribution in [0.15, 0.2) is 24.3 Å². The minimum atomic E-state index is 0.0753. The molecular formula is C17H20N2O3S. The van der Waals surface area contributed by atoms with Crippen molar-refractivity contribution >= 4 is 27.5 Å². The number of fused-ring (bicyclic) bond motifs is 2. The van der Waals surface area contributed by atoms with Gasteiger partial charge in [0.15, 0.2) is 0 Å². The van der Waals surface area contributed by atoms with Gasteiger partial charge in [-0.05, 0) is 31.4 Å². The molecule has 122 valence electrons. The highest BCUT2D eigenvalue weighted by Crippen LogP contribution is 2.29. The Morgan fingerprint density at radius 2 is 2.30 bits per heavy atom. The summed E-state index contributed by atoms with van der Waals surface area (Å²) in [6, 6.07) is 8.28. The van der Waals surface area contributed by atoms with Crippen molar-refractivity contribution in [2.24, 2.45) is 0 Å². The highest BCUT2D eigenvalue weighted by atomic mass is 32.1.